The third-order valence-electron chi connectivity index (χ3n) is 2.64. The van der Waals surface area contributed by atoms with Crippen molar-refractivity contribution in [2.45, 2.75) is 38.1 Å². The van der Waals surface area contributed by atoms with Crippen molar-refractivity contribution in [2.24, 2.45) is 11.5 Å². The topological polar surface area (TPSA) is 98.2 Å². The summed E-state index contributed by atoms with van der Waals surface area (Å²) in [5, 5.41) is 2.70. The third kappa shape index (κ3) is 4.44. The van der Waals surface area contributed by atoms with Crippen LogP contribution in [0.2, 0.25) is 0 Å². The van der Waals surface area contributed by atoms with Gasteiger partial charge in [-0.25, -0.2) is 0 Å². The van der Waals surface area contributed by atoms with Crippen molar-refractivity contribution in [3.63, 3.8) is 0 Å². The second-order valence-corrected chi connectivity index (χ2v) is 4.07. The van der Waals surface area contributed by atoms with Crippen LogP contribution in [0.5, 0.6) is 0 Å². The van der Waals surface area contributed by atoms with Gasteiger partial charge in [-0.15, -0.1) is 0 Å². The monoisotopic (exact) mass is 225 g/mol. The fourth-order valence-corrected chi connectivity index (χ4v) is 1.75. The van der Waals surface area contributed by atoms with Crippen molar-refractivity contribution in [2.75, 3.05) is 6.54 Å². The molecule has 90 valence electrons. The minimum Gasteiger partial charge on any atom is -0.370 e. The van der Waals surface area contributed by atoms with Crippen molar-refractivity contribution < 1.29 is 9.59 Å². The second kappa shape index (κ2) is 6.27. The molecule has 0 fully saturated rings. The van der Waals surface area contributed by atoms with Crippen LogP contribution in [-0.4, -0.2) is 24.4 Å². The van der Waals surface area contributed by atoms with E-state index in [0.717, 1.165) is 19.3 Å². The molecule has 5 N–H and O–H groups in total. The zero-order valence-electron chi connectivity index (χ0n) is 9.37. The van der Waals surface area contributed by atoms with E-state index in [9.17, 15) is 9.59 Å². The average Bonchev–Trinajstić information content (AvgIpc) is 2.69. The SMILES string of the molecule is NC(=O)CC(N)C(=O)NCCC1=CCCC1. The number of hydrogen-bond acceptors (Lipinski definition) is 3. The standard InChI is InChI=1S/C11H19N3O2/c12-9(7-10(13)15)11(16)14-6-5-8-3-1-2-4-8/h3,9H,1-2,4-7,12H2,(H2,13,15)(H,14,16). The third-order valence-corrected chi connectivity index (χ3v) is 2.64. The highest BCUT2D eigenvalue weighted by atomic mass is 16.2. The Morgan fingerprint density at radius 1 is 1.50 bits per heavy atom. The molecular formula is C11H19N3O2. The number of primary amides is 1. The van der Waals surface area contributed by atoms with Crippen molar-refractivity contribution in [3.8, 4) is 0 Å². The number of nitrogens with two attached hydrogens (primary N) is 2. The lowest BCUT2D eigenvalue weighted by Crippen LogP contribution is -2.43. The van der Waals surface area contributed by atoms with Gasteiger partial charge >= 0.3 is 0 Å². The van der Waals surface area contributed by atoms with Gasteiger partial charge in [0.2, 0.25) is 11.8 Å². The quantitative estimate of drug-likeness (QED) is 0.546. The van der Waals surface area contributed by atoms with Crippen LogP contribution in [0.1, 0.15) is 32.1 Å². The summed E-state index contributed by atoms with van der Waals surface area (Å²) < 4.78 is 0. The van der Waals surface area contributed by atoms with Gasteiger partial charge in [0.1, 0.15) is 0 Å². The molecule has 0 radical (unpaired) electrons. The highest BCUT2D eigenvalue weighted by molar-refractivity contribution is 5.87. The smallest absolute Gasteiger partial charge is 0.237 e. The molecule has 16 heavy (non-hydrogen) atoms. The first-order valence-electron chi connectivity index (χ1n) is 5.59. The Morgan fingerprint density at radius 2 is 2.25 bits per heavy atom. The van der Waals surface area contributed by atoms with E-state index in [1.165, 1.54) is 12.0 Å². The summed E-state index contributed by atoms with van der Waals surface area (Å²) in [6.07, 6.45) is 6.47. The van der Waals surface area contributed by atoms with Crippen LogP contribution in [0.3, 0.4) is 0 Å². The van der Waals surface area contributed by atoms with E-state index < -0.39 is 11.9 Å². The molecule has 1 rings (SSSR count). The van der Waals surface area contributed by atoms with Crippen LogP contribution in [0.15, 0.2) is 11.6 Å². The minimum atomic E-state index is -0.824. The van der Waals surface area contributed by atoms with E-state index >= 15 is 0 Å². The first kappa shape index (κ1) is 12.7. The number of carbonyl (C=O) groups excluding carboxylic acids is 2. The summed E-state index contributed by atoms with van der Waals surface area (Å²) in [5.41, 5.74) is 11.8. The molecule has 0 saturated heterocycles. The predicted molar refractivity (Wildman–Crippen MR) is 61.3 cm³/mol. The average molecular weight is 225 g/mol. The van der Waals surface area contributed by atoms with E-state index in [4.69, 9.17) is 11.5 Å². The lowest BCUT2D eigenvalue weighted by atomic mass is 10.1. The van der Waals surface area contributed by atoms with Crippen LogP contribution in [0, 0.1) is 0 Å². The summed E-state index contributed by atoms with van der Waals surface area (Å²) in [4.78, 5) is 21.9. The molecule has 5 heteroatoms. The van der Waals surface area contributed by atoms with E-state index in [-0.39, 0.29) is 12.3 Å². The van der Waals surface area contributed by atoms with Crippen molar-refractivity contribution in [1.29, 1.82) is 0 Å². The maximum atomic E-state index is 11.4. The van der Waals surface area contributed by atoms with Gasteiger partial charge in [0.05, 0.1) is 12.5 Å². The van der Waals surface area contributed by atoms with Gasteiger partial charge in [-0.2, -0.15) is 0 Å². The summed E-state index contributed by atoms with van der Waals surface area (Å²) >= 11 is 0. The highest BCUT2D eigenvalue weighted by Crippen LogP contribution is 2.19. The van der Waals surface area contributed by atoms with Crippen molar-refractivity contribution >= 4 is 11.8 Å². The molecule has 1 atom stereocenters. The molecular weight excluding hydrogens is 206 g/mol. The Labute approximate surface area is 95.2 Å². The first-order valence-corrected chi connectivity index (χ1v) is 5.59. The number of amides is 2. The summed E-state index contributed by atoms with van der Waals surface area (Å²) in [5.74, 6) is -0.862. The molecule has 0 heterocycles. The molecule has 0 saturated carbocycles. The lowest BCUT2D eigenvalue weighted by molar-refractivity contribution is -0.126. The molecule has 1 aliphatic rings. The number of rotatable bonds is 6. The van der Waals surface area contributed by atoms with Gasteiger partial charge in [0, 0.05) is 6.54 Å². The zero-order valence-corrected chi connectivity index (χ0v) is 9.37. The Balaban J connectivity index is 2.16. The van der Waals surface area contributed by atoms with E-state index in [2.05, 4.69) is 11.4 Å². The Kier molecular flexibility index (Phi) is 4.98. The summed E-state index contributed by atoms with van der Waals surface area (Å²) in [7, 11) is 0. The van der Waals surface area contributed by atoms with E-state index in [0.29, 0.717) is 6.54 Å². The van der Waals surface area contributed by atoms with Gasteiger partial charge in [-0.05, 0) is 25.7 Å². The highest BCUT2D eigenvalue weighted by Gasteiger charge is 2.15. The first-order chi connectivity index (χ1) is 7.59. The molecule has 0 aromatic rings. The van der Waals surface area contributed by atoms with Gasteiger partial charge in [-0.1, -0.05) is 11.6 Å². The number of allylic oxidation sites excluding steroid dienone is 1. The number of nitrogens with one attached hydrogen (secondary N) is 1. The molecule has 0 aromatic heterocycles. The molecule has 0 bridgehead atoms. The Hall–Kier alpha value is -1.36. The summed E-state index contributed by atoms with van der Waals surface area (Å²) in [6, 6.07) is -0.824. The second-order valence-electron chi connectivity index (χ2n) is 4.07. The van der Waals surface area contributed by atoms with Gasteiger partial charge in [-0.3, -0.25) is 9.59 Å². The minimum absolute atomic E-state index is 0.103. The largest absolute Gasteiger partial charge is 0.370 e. The Bertz CT molecular complexity index is 300. The fraction of sp³-hybridized carbons (Fsp3) is 0.636. The molecule has 1 unspecified atom stereocenters. The van der Waals surface area contributed by atoms with Crippen LogP contribution >= 0.6 is 0 Å². The lowest BCUT2D eigenvalue weighted by Gasteiger charge is -2.10. The molecule has 0 aromatic carbocycles. The van der Waals surface area contributed by atoms with E-state index in [1.54, 1.807) is 0 Å². The van der Waals surface area contributed by atoms with Crippen LogP contribution in [-0.2, 0) is 9.59 Å². The summed E-state index contributed by atoms with van der Waals surface area (Å²) in [6.45, 7) is 0.580. The van der Waals surface area contributed by atoms with Gasteiger partial charge in [0.15, 0.2) is 0 Å². The normalized spacial score (nSPS) is 16.7. The maximum Gasteiger partial charge on any atom is 0.237 e. The van der Waals surface area contributed by atoms with Gasteiger partial charge < -0.3 is 16.8 Å². The molecule has 2 amide bonds. The molecule has 0 aliphatic heterocycles. The molecule has 0 spiro atoms. The molecule has 1 aliphatic carbocycles. The number of hydrogen-bond donors (Lipinski definition) is 3. The Morgan fingerprint density at radius 3 is 2.81 bits per heavy atom. The van der Waals surface area contributed by atoms with Crippen LogP contribution in [0.25, 0.3) is 0 Å². The van der Waals surface area contributed by atoms with E-state index in [1.807, 2.05) is 0 Å². The number of carbonyl (C=O) groups is 2. The predicted octanol–water partition coefficient (Wildman–Crippen LogP) is -0.194. The fourth-order valence-electron chi connectivity index (χ4n) is 1.75. The van der Waals surface area contributed by atoms with Crippen molar-refractivity contribution in [1.82, 2.24) is 5.32 Å². The van der Waals surface area contributed by atoms with Crippen LogP contribution < -0.4 is 16.8 Å². The zero-order chi connectivity index (χ0) is 12.0. The van der Waals surface area contributed by atoms with Gasteiger partial charge in [0.25, 0.3) is 0 Å². The molecule has 5 nitrogen and oxygen atoms in total. The maximum absolute atomic E-state index is 11.4. The van der Waals surface area contributed by atoms with Crippen LogP contribution in [0.4, 0.5) is 0 Å². The van der Waals surface area contributed by atoms with Crippen molar-refractivity contribution in [3.05, 3.63) is 11.6 Å².